The van der Waals surface area contributed by atoms with Crippen molar-refractivity contribution in [2.75, 3.05) is 0 Å². The number of terminal acetylenes is 1. The first-order chi connectivity index (χ1) is 7.36. The van der Waals surface area contributed by atoms with Crippen LogP contribution in [0.25, 0.3) is 0 Å². The molecule has 1 aromatic carbocycles. The minimum Gasteiger partial charge on any atom is -0.207 e. The van der Waals surface area contributed by atoms with Gasteiger partial charge < -0.3 is 0 Å². The Labute approximate surface area is 104 Å². The molecule has 0 aliphatic heterocycles. The maximum atomic E-state index is 11.8. The summed E-state index contributed by atoms with van der Waals surface area (Å²) in [5.41, 5.74) is 0.858. The van der Waals surface area contributed by atoms with Crippen LogP contribution >= 0.6 is 15.9 Å². The summed E-state index contributed by atoms with van der Waals surface area (Å²) in [6.45, 7) is 3.44. The SMILES string of the molecule is C#CC(C)NS(=O)(=O)c1ccc(Br)c(C)c1. The molecule has 0 saturated heterocycles. The molecule has 0 aromatic heterocycles. The molecule has 0 aliphatic rings. The number of halogens is 1. The van der Waals surface area contributed by atoms with Crippen molar-refractivity contribution in [2.24, 2.45) is 0 Å². The molecule has 0 radical (unpaired) electrons. The van der Waals surface area contributed by atoms with Crippen LogP contribution in [0.5, 0.6) is 0 Å². The molecule has 5 heteroatoms. The van der Waals surface area contributed by atoms with Crippen molar-refractivity contribution in [3.8, 4) is 12.3 Å². The van der Waals surface area contributed by atoms with E-state index >= 15 is 0 Å². The molecule has 86 valence electrons. The van der Waals surface area contributed by atoms with Crippen molar-refractivity contribution in [3.05, 3.63) is 28.2 Å². The Bertz CT molecular complexity index is 531. The summed E-state index contributed by atoms with van der Waals surface area (Å²) in [5, 5.41) is 0. The molecule has 1 rings (SSSR count). The predicted octanol–water partition coefficient (Wildman–Crippen LogP) is 2.06. The topological polar surface area (TPSA) is 46.2 Å². The third kappa shape index (κ3) is 3.08. The molecule has 16 heavy (non-hydrogen) atoms. The van der Waals surface area contributed by atoms with E-state index in [4.69, 9.17) is 6.42 Å². The highest BCUT2D eigenvalue weighted by atomic mass is 79.9. The minimum absolute atomic E-state index is 0.218. The molecule has 0 spiro atoms. The van der Waals surface area contributed by atoms with E-state index in [1.807, 2.05) is 6.92 Å². The summed E-state index contributed by atoms with van der Waals surface area (Å²) in [6.07, 6.45) is 5.13. The fraction of sp³-hybridized carbons (Fsp3) is 0.273. The van der Waals surface area contributed by atoms with Gasteiger partial charge >= 0.3 is 0 Å². The number of hydrogen-bond acceptors (Lipinski definition) is 2. The molecule has 1 N–H and O–H groups in total. The minimum atomic E-state index is -3.52. The van der Waals surface area contributed by atoms with Crippen molar-refractivity contribution < 1.29 is 8.42 Å². The van der Waals surface area contributed by atoms with Gasteiger partial charge in [0.2, 0.25) is 10.0 Å². The van der Waals surface area contributed by atoms with Crippen LogP contribution in [-0.2, 0) is 10.0 Å². The summed E-state index contributed by atoms with van der Waals surface area (Å²) < 4.78 is 26.9. The highest BCUT2D eigenvalue weighted by molar-refractivity contribution is 9.10. The highest BCUT2D eigenvalue weighted by Gasteiger charge is 2.16. The lowest BCUT2D eigenvalue weighted by Crippen LogP contribution is -2.31. The maximum absolute atomic E-state index is 11.8. The van der Waals surface area contributed by atoms with Crippen molar-refractivity contribution in [2.45, 2.75) is 24.8 Å². The van der Waals surface area contributed by atoms with E-state index in [-0.39, 0.29) is 4.90 Å². The predicted molar refractivity (Wildman–Crippen MR) is 67.5 cm³/mol. The van der Waals surface area contributed by atoms with E-state index < -0.39 is 16.1 Å². The number of rotatable bonds is 3. The van der Waals surface area contributed by atoms with Crippen LogP contribution in [-0.4, -0.2) is 14.5 Å². The van der Waals surface area contributed by atoms with Crippen LogP contribution < -0.4 is 4.72 Å². The molecule has 0 amide bonds. The molecule has 0 aliphatic carbocycles. The molecule has 0 bridgehead atoms. The van der Waals surface area contributed by atoms with Gasteiger partial charge in [0.1, 0.15) is 0 Å². The second kappa shape index (κ2) is 5.00. The van der Waals surface area contributed by atoms with E-state index in [0.29, 0.717) is 0 Å². The second-order valence-corrected chi connectivity index (χ2v) is 5.99. The van der Waals surface area contributed by atoms with Gasteiger partial charge in [-0.15, -0.1) is 6.42 Å². The Balaban J connectivity index is 3.09. The third-order valence-electron chi connectivity index (χ3n) is 2.02. The van der Waals surface area contributed by atoms with Crippen LogP contribution in [0.3, 0.4) is 0 Å². The first-order valence-corrected chi connectivity index (χ1v) is 6.89. The van der Waals surface area contributed by atoms with Gasteiger partial charge in [-0.05, 0) is 37.6 Å². The van der Waals surface area contributed by atoms with Gasteiger partial charge in [-0.25, -0.2) is 8.42 Å². The van der Waals surface area contributed by atoms with Crippen LogP contribution in [0.4, 0.5) is 0 Å². The lowest BCUT2D eigenvalue weighted by molar-refractivity contribution is 0.577. The Morgan fingerprint density at radius 1 is 1.50 bits per heavy atom. The summed E-state index contributed by atoms with van der Waals surface area (Å²) in [5.74, 6) is 2.32. The van der Waals surface area contributed by atoms with Crippen molar-refractivity contribution in [3.63, 3.8) is 0 Å². The number of aryl methyl sites for hydroxylation is 1. The highest BCUT2D eigenvalue weighted by Crippen LogP contribution is 2.19. The second-order valence-electron chi connectivity index (χ2n) is 3.42. The zero-order valence-corrected chi connectivity index (χ0v) is 11.4. The fourth-order valence-electron chi connectivity index (χ4n) is 1.12. The Morgan fingerprint density at radius 2 is 2.12 bits per heavy atom. The number of nitrogens with one attached hydrogen (secondary N) is 1. The zero-order valence-electron chi connectivity index (χ0n) is 8.99. The Morgan fingerprint density at radius 3 is 2.62 bits per heavy atom. The molecule has 1 atom stereocenters. The standard InChI is InChI=1S/C11H12BrNO2S/c1-4-9(3)13-16(14,15)10-5-6-11(12)8(2)7-10/h1,5-7,9,13H,2-3H3. The molecule has 0 saturated carbocycles. The number of sulfonamides is 1. The summed E-state index contributed by atoms with van der Waals surface area (Å²) >= 11 is 3.31. The Kier molecular flexibility index (Phi) is 4.14. The summed E-state index contributed by atoms with van der Waals surface area (Å²) in [6, 6.07) is 4.30. The third-order valence-corrected chi connectivity index (χ3v) is 4.45. The summed E-state index contributed by atoms with van der Waals surface area (Å²) in [7, 11) is -3.52. The van der Waals surface area contributed by atoms with E-state index in [1.54, 1.807) is 19.1 Å². The largest absolute Gasteiger partial charge is 0.241 e. The summed E-state index contributed by atoms with van der Waals surface area (Å²) in [4.78, 5) is 0.218. The van der Waals surface area contributed by atoms with E-state index in [2.05, 4.69) is 26.6 Å². The van der Waals surface area contributed by atoms with Crippen LogP contribution in [0.1, 0.15) is 12.5 Å². The molecule has 3 nitrogen and oxygen atoms in total. The van der Waals surface area contributed by atoms with Gasteiger partial charge in [0.25, 0.3) is 0 Å². The lowest BCUT2D eigenvalue weighted by Gasteiger charge is -2.09. The number of hydrogen-bond donors (Lipinski definition) is 1. The molecular weight excluding hydrogens is 290 g/mol. The fourth-order valence-corrected chi connectivity index (χ4v) is 2.61. The van der Waals surface area contributed by atoms with Crippen molar-refractivity contribution in [1.29, 1.82) is 0 Å². The quantitative estimate of drug-likeness (QED) is 0.869. The first kappa shape index (κ1) is 13.2. The van der Waals surface area contributed by atoms with Gasteiger partial charge in [-0.1, -0.05) is 21.9 Å². The van der Waals surface area contributed by atoms with E-state index in [1.165, 1.54) is 6.07 Å². The van der Waals surface area contributed by atoms with E-state index in [0.717, 1.165) is 10.0 Å². The normalized spacial score (nSPS) is 13.1. The molecule has 0 fully saturated rings. The van der Waals surface area contributed by atoms with E-state index in [9.17, 15) is 8.42 Å². The zero-order chi connectivity index (χ0) is 12.3. The monoisotopic (exact) mass is 301 g/mol. The van der Waals surface area contributed by atoms with Gasteiger partial charge in [0, 0.05) is 4.47 Å². The smallest absolute Gasteiger partial charge is 0.207 e. The average molecular weight is 302 g/mol. The van der Waals surface area contributed by atoms with Crippen LogP contribution in [0.2, 0.25) is 0 Å². The maximum Gasteiger partial charge on any atom is 0.241 e. The lowest BCUT2D eigenvalue weighted by atomic mass is 10.2. The first-order valence-electron chi connectivity index (χ1n) is 4.61. The molecule has 0 heterocycles. The van der Waals surface area contributed by atoms with Gasteiger partial charge in [-0.2, -0.15) is 4.72 Å². The van der Waals surface area contributed by atoms with Gasteiger partial charge in [0.15, 0.2) is 0 Å². The van der Waals surface area contributed by atoms with Crippen LogP contribution in [0, 0.1) is 19.3 Å². The van der Waals surface area contributed by atoms with Gasteiger partial charge in [-0.3, -0.25) is 0 Å². The van der Waals surface area contributed by atoms with Crippen molar-refractivity contribution >= 4 is 26.0 Å². The molecule has 1 unspecified atom stereocenters. The average Bonchev–Trinajstić information content (AvgIpc) is 2.21. The van der Waals surface area contributed by atoms with Gasteiger partial charge in [0.05, 0.1) is 10.9 Å². The van der Waals surface area contributed by atoms with Crippen LogP contribution in [0.15, 0.2) is 27.6 Å². The Hall–Kier alpha value is -0.830. The molecular formula is C11H12BrNO2S. The molecule has 1 aromatic rings. The number of benzene rings is 1. The van der Waals surface area contributed by atoms with Crippen molar-refractivity contribution in [1.82, 2.24) is 4.72 Å².